The topological polar surface area (TPSA) is 12.9 Å². The van der Waals surface area contributed by atoms with Crippen molar-refractivity contribution in [3.8, 4) is 0 Å². The molecule has 1 aliphatic carbocycles. The first-order valence-corrected chi connectivity index (χ1v) is 7.37. The molecule has 0 N–H and O–H groups in total. The molecule has 1 aromatic rings. The van der Waals surface area contributed by atoms with Gasteiger partial charge in [-0.2, -0.15) is 0 Å². The van der Waals surface area contributed by atoms with Crippen LogP contribution in [0, 0.1) is 12.3 Å². The molecular weight excluding hydrogens is 214 g/mol. The molecule has 90 valence electrons. The van der Waals surface area contributed by atoms with Crippen LogP contribution in [-0.2, 0) is 0 Å². The summed E-state index contributed by atoms with van der Waals surface area (Å²) in [6.45, 7) is 6.94. The highest BCUT2D eigenvalue weighted by Crippen LogP contribution is 2.39. The third-order valence-corrected chi connectivity index (χ3v) is 4.94. The average Bonchev–Trinajstić information content (AvgIpc) is 2.60. The third kappa shape index (κ3) is 3.07. The fourth-order valence-corrected chi connectivity index (χ4v) is 3.60. The van der Waals surface area contributed by atoms with Gasteiger partial charge in [-0.25, -0.2) is 4.98 Å². The van der Waals surface area contributed by atoms with Gasteiger partial charge in [-0.05, 0) is 38.0 Å². The molecule has 0 spiro atoms. The summed E-state index contributed by atoms with van der Waals surface area (Å²) in [5.74, 6) is 0.735. The molecule has 0 aliphatic heterocycles. The molecule has 1 saturated carbocycles. The molecule has 1 atom stereocenters. The van der Waals surface area contributed by atoms with Gasteiger partial charge >= 0.3 is 0 Å². The molecule has 2 heteroatoms. The SMILES string of the molecule is Cc1csc(C2CCCCC(C)(C)CC2)n1. The van der Waals surface area contributed by atoms with Crippen LogP contribution < -0.4 is 0 Å². The predicted molar refractivity (Wildman–Crippen MR) is 71.1 cm³/mol. The second-order valence-electron chi connectivity index (χ2n) is 5.97. The number of nitrogens with zero attached hydrogens (tertiary/aromatic N) is 1. The van der Waals surface area contributed by atoms with Crippen LogP contribution >= 0.6 is 11.3 Å². The highest BCUT2D eigenvalue weighted by molar-refractivity contribution is 7.09. The third-order valence-electron chi connectivity index (χ3n) is 3.81. The van der Waals surface area contributed by atoms with E-state index in [9.17, 15) is 0 Å². The van der Waals surface area contributed by atoms with Crippen LogP contribution in [0.5, 0.6) is 0 Å². The minimum atomic E-state index is 0.547. The second kappa shape index (κ2) is 4.87. The maximum atomic E-state index is 4.67. The van der Waals surface area contributed by atoms with Crippen LogP contribution in [0.15, 0.2) is 5.38 Å². The summed E-state index contributed by atoms with van der Waals surface area (Å²) in [6, 6.07) is 0. The number of rotatable bonds is 1. The average molecular weight is 237 g/mol. The van der Waals surface area contributed by atoms with Crippen LogP contribution in [-0.4, -0.2) is 4.98 Å². The van der Waals surface area contributed by atoms with E-state index in [1.54, 1.807) is 0 Å². The van der Waals surface area contributed by atoms with Crippen molar-refractivity contribution in [1.82, 2.24) is 4.98 Å². The lowest BCUT2D eigenvalue weighted by Crippen LogP contribution is -2.16. The van der Waals surface area contributed by atoms with Gasteiger partial charge in [-0.3, -0.25) is 0 Å². The monoisotopic (exact) mass is 237 g/mol. The Balaban J connectivity index is 2.04. The lowest BCUT2D eigenvalue weighted by molar-refractivity contribution is 0.254. The maximum absolute atomic E-state index is 4.67. The standard InChI is InChI=1S/C14H23NS/c1-11-10-16-13(15-11)12-6-4-5-8-14(2,3)9-7-12/h10,12H,4-9H2,1-3H3. The Bertz CT molecular complexity index is 340. The van der Waals surface area contributed by atoms with Gasteiger partial charge in [0.15, 0.2) is 0 Å². The number of aromatic nitrogens is 1. The van der Waals surface area contributed by atoms with Crippen molar-refractivity contribution in [2.45, 2.75) is 65.2 Å². The van der Waals surface area contributed by atoms with Crippen molar-refractivity contribution in [3.63, 3.8) is 0 Å². The molecule has 1 aromatic heterocycles. The maximum Gasteiger partial charge on any atom is 0.0959 e. The van der Waals surface area contributed by atoms with Crippen molar-refractivity contribution in [1.29, 1.82) is 0 Å². The zero-order chi connectivity index (χ0) is 11.6. The Labute approximate surface area is 103 Å². The quantitative estimate of drug-likeness (QED) is 0.676. The van der Waals surface area contributed by atoms with E-state index in [1.165, 1.54) is 49.2 Å². The highest BCUT2D eigenvalue weighted by atomic mass is 32.1. The molecule has 1 unspecified atom stereocenters. The van der Waals surface area contributed by atoms with Gasteiger partial charge in [0.05, 0.1) is 5.01 Å². The van der Waals surface area contributed by atoms with Gasteiger partial charge in [0.1, 0.15) is 0 Å². The van der Waals surface area contributed by atoms with Crippen LogP contribution in [0.2, 0.25) is 0 Å². The van der Waals surface area contributed by atoms with Crippen molar-refractivity contribution in [3.05, 3.63) is 16.1 Å². The van der Waals surface area contributed by atoms with Crippen LogP contribution in [0.1, 0.15) is 69.0 Å². The Hall–Kier alpha value is -0.370. The molecular formula is C14H23NS. The fourth-order valence-electron chi connectivity index (χ4n) is 2.64. The molecule has 1 aliphatic rings. The normalized spacial score (nSPS) is 26.1. The lowest BCUT2D eigenvalue weighted by Gasteiger charge is -2.29. The van der Waals surface area contributed by atoms with Gasteiger partial charge in [0.2, 0.25) is 0 Å². The summed E-state index contributed by atoms with van der Waals surface area (Å²) in [4.78, 5) is 4.67. The smallest absolute Gasteiger partial charge is 0.0959 e. The molecule has 1 nitrogen and oxygen atoms in total. The van der Waals surface area contributed by atoms with Gasteiger partial charge in [-0.15, -0.1) is 11.3 Å². The predicted octanol–water partition coefficient (Wildman–Crippen LogP) is 4.92. The Kier molecular flexibility index (Phi) is 3.68. The van der Waals surface area contributed by atoms with E-state index in [-0.39, 0.29) is 0 Å². The van der Waals surface area contributed by atoms with Crippen LogP contribution in [0.25, 0.3) is 0 Å². The molecule has 1 fully saturated rings. The van der Waals surface area contributed by atoms with E-state index in [0.717, 1.165) is 5.92 Å². The first-order valence-electron chi connectivity index (χ1n) is 6.49. The van der Waals surface area contributed by atoms with Crippen molar-refractivity contribution >= 4 is 11.3 Å². The number of hydrogen-bond acceptors (Lipinski definition) is 2. The van der Waals surface area contributed by atoms with Gasteiger partial charge < -0.3 is 0 Å². The first kappa shape index (κ1) is 12.1. The summed E-state index contributed by atoms with van der Waals surface area (Å²) in [6.07, 6.45) is 8.22. The molecule has 1 heterocycles. The van der Waals surface area contributed by atoms with Gasteiger partial charge in [-0.1, -0.05) is 26.7 Å². The fraction of sp³-hybridized carbons (Fsp3) is 0.786. The van der Waals surface area contributed by atoms with E-state index in [4.69, 9.17) is 0 Å². The van der Waals surface area contributed by atoms with E-state index in [1.807, 2.05) is 11.3 Å². The zero-order valence-electron chi connectivity index (χ0n) is 10.8. The summed E-state index contributed by atoms with van der Waals surface area (Å²) in [5.41, 5.74) is 1.74. The number of aryl methyl sites for hydroxylation is 1. The Morgan fingerprint density at radius 2 is 2.06 bits per heavy atom. The largest absolute Gasteiger partial charge is 0.246 e. The summed E-state index contributed by atoms with van der Waals surface area (Å²) in [5, 5.41) is 3.58. The first-order chi connectivity index (χ1) is 7.57. The molecule has 2 rings (SSSR count). The Morgan fingerprint density at radius 1 is 1.25 bits per heavy atom. The summed E-state index contributed by atoms with van der Waals surface area (Å²) < 4.78 is 0. The highest BCUT2D eigenvalue weighted by Gasteiger charge is 2.24. The molecule has 0 radical (unpaired) electrons. The molecule has 0 aromatic carbocycles. The summed E-state index contributed by atoms with van der Waals surface area (Å²) >= 11 is 1.86. The van der Waals surface area contributed by atoms with E-state index < -0.39 is 0 Å². The van der Waals surface area contributed by atoms with Crippen molar-refractivity contribution < 1.29 is 0 Å². The minimum Gasteiger partial charge on any atom is -0.246 e. The van der Waals surface area contributed by atoms with E-state index >= 15 is 0 Å². The molecule has 0 saturated heterocycles. The van der Waals surface area contributed by atoms with E-state index in [0.29, 0.717) is 5.41 Å². The van der Waals surface area contributed by atoms with Crippen LogP contribution in [0.3, 0.4) is 0 Å². The lowest BCUT2D eigenvalue weighted by atomic mass is 9.77. The molecule has 0 bridgehead atoms. The number of hydrogen-bond donors (Lipinski definition) is 0. The van der Waals surface area contributed by atoms with E-state index in [2.05, 4.69) is 31.1 Å². The number of thiazole rings is 1. The van der Waals surface area contributed by atoms with Gasteiger partial charge in [0, 0.05) is 17.0 Å². The second-order valence-corrected chi connectivity index (χ2v) is 6.86. The van der Waals surface area contributed by atoms with Crippen LogP contribution in [0.4, 0.5) is 0 Å². The zero-order valence-corrected chi connectivity index (χ0v) is 11.6. The summed E-state index contributed by atoms with van der Waals surface area (Å²) in [7, 11) is 0. The van der Waals surface area contributed by atoms with Crippen molar-refractivity contribution in [2.75, 3.05) is 0 Å². The minimum absolute atomic E-state index is 0.547. The molecule has 16 heavy (non-hydrogen) atoms. The Morgan fingerprint density at radius 3 is 2.75 bits per heavy atom. The van der Waals surface area contributed by atoms with Gasteiger partial charge in [0.25, 0.3) is 0 Å². The molecule has 0 amide bonds. The van der Waals surface area contributed by atoms with Crippen molar-refractivity contribution in [2.24, 2.45) is 5.41 Å².